The van der Waals surface area contributed by atoms with Gasteiger partial charge in [-0.1, -0.05) is 18.2 Å². The molecule has 0 saturated heterocycles. The molecule has 0 fully saturated rings. The molecule has 0 aliphatic heterocycles. The van der Waals surface area contributed by atoms with Crippen LogP contribution in [-0.2, 0) is 0 Å². The van der Waals surface area contributed by atoms with Gasteiger partial charge in [-0.05, 0) is 12.1 Å². The molecule has 2 rings (SSSR count). The van der Waals surface area contributed by atoms with Crippen molar-refractivity contribution in [3.8, 4) is 6.07 Å². The van der Waals surface area contributed by atoms with Crippen molar-refractivity contribution in [2.45, 2.75) is 5.92 Å². The molecule has 0 amide bonds. The summed E-state index contributed by atoms with van der Waals surface area (Å²) in [7, 11) is 0. The number of hydrogen-bond donors (Lipinski definition) is 0. The number of benzene rings is 1. The molecular weight excluding hydrogens is 205 g/mol. The van der Waals surface area contributed by atoms with Gasteiger partial charge in [0, 0.05) is 11.8 Å². The maximum Gasteiger partial charge on any atom is 0.128 e. The summed E-state index contributed by atoms with van der Waals surface area (Å²) in [4.78, 5) is 7.73. The summed E-state index contributed by atoms with van der Waals surface area (Å²) in [6.45, 7) is 0. The van der Waals surface area contributed by atoms with Crippen LogP contribution in [0.4, 0.5) is 4.39 Å². The third-order valence-corrected chi connectivity index (χ3v) is 2.25. The molecule has 0 spiro atoms. The van der Waals surface area contributed by atoms with Crippen LogP contribution in [0.5, 0.6) is 0 Å². The minimum atomic E-state index is -0.691. The summed E-state index contributed by atoms with van der Waals surface area (Å²) in [5, 5.41) is 9.08. The standard InChI is InChI=1S/C12H8FN3/c13-11-4-2-1-3-9(11)10(7-14)12-5-6-15-8-16-12/h1-6,8,10H. The van der Waals surface area contributed by atoms with E-state index in [9.17, 15) is 4.39 Å². The van der Waals surface area contributed by atoms with E-state index in [2.05, 4.69) is 9.97 Å². The highest BCUT2D eigenvalue weighted by atomic mass is 19.1. The van der Waals surface area contributed by atoms with Gasteiger partial charge in [-0.15, -0.1) is 0 Å². The summed E-state index contributed by atoms with van der Waals surface area (Å²) in [5.74, 6) is -1.09. The number of nitrogens with zero attached hydrogens (tertiary/aromatic N) is 3. The second kappa shape index (κ2) is 4.49. The third kappa shape index (κ3) is 1.89. The number of halogens is 1. The first kappa shape index (κ1) is 10.2. The fourth-order valence-corrected chi connectivity index (χ4v) is 1.48. The average Bonchev–Trinajstić information content (AvgIpc) is 2.34. The first-order valence-corrected chi connectivity index (χ1v) is 4.73. The highest BCUT2D eigenvalue weighted by Crippen LogP contribution is 2.23. The van der Waals surface area contributed by atoms with E-state index in [1.54, 1.807) is 24.3 Å². The molecule has 0 bridgehead atoms. The maximum atomic E-state index is 13.5. The monoisotopic (exact) mass is 213 g/mol. The topological polar surface area (TPSA) is 49.6 Å². The SMILES string of the molecule is N#CC(c1ccncn1)c1ccccc1F. The Bertz CT molecular complexity index is 519. The van der Waals surface area contributed by atoms with Gasteiger partial charge in [0.25, 0.3) is 0 Å². The molecule has 0 aliphatic rings. The average molecular weight is 213 g/mol. The zero-order valence-corrected chi connectivity index (χ0v) is 8.34. The summed E-state index contributed by atoms with van der Waals surface area (Å²) < 4.78 is 13.5. The molecular formula is C12H8FN3. The summed E-state index contributed by atoms with van der Waals surface area (Å²) in [6, 6.07) is 9.87. The predicted octanol–water partition coefficient (Wildman–Crippen LogP) is 2.27. The van der Waals surface area contributed by atoms with Crippen molar-refractivity contribution >= 4 is 0 Å². The largest absolute Gasteiger partial charge is 0.245 e. The molecule has 16 heavy (non-hydrogen) atoms. The van der Waals surface area contributed by atoms with Gasteiger partial charge in [0.1, 0.15) is 18.1 Å². The fraction of sp³-hybridized carbons (Fsp3) is 0.0833. The normalized spacial score (nSPS) is 11.8. The van der Waals surface area contributed by atoms with Crippen LogP contribution in [0.2, 0.25) is 0 Å². The number of nitriles is 1. The molecule has 0 radical (unpaired) electrons. The molecule has 4 heteroatoms. The second-order valence-corrected chi connectivity index (χ2v) is 3.22. The van der Waals surface area contributed by atoms with Crippen LogP contribution in [0.3, 0.4) is 0 Å². The molecule has 1 aromatic carbocycles. The fourth-order valence-electron chi connectivity index (χ4n) is 1.48. The minimum absolute atomic E-state index is 0.337. The Balaban J connectivity index is 2.47. The Morgan fingerprint density at radius 1 is 1.25 bits per heavy atom. The summed E-state index contributed by atoms with van der Waals surface area (Å²) in [5.41, 5.74) is 0.839. The molecule has 0 N–H and O–H groups in total. The Morgan fingerprint density at radius 3 is 2.69 bits per heavy atom. The molecule has 1 heterocycles. The number of rotatable bonds is 2. The molecule has 1 unspecified atom stereocenters. The molecule has 1 atom stereocenters. The lowest BCUT2D eigenvalue weighted by Crippen LogP contribution is -2.03. The molecule has 78 valence electrons. The van der Waals surface area contributed by atoms with Crippen LogP contribution >= 0.6 is 0 Å². The summed E-state index contributed by atoms with van der Waals surface area (Å²) >= 11 is 0. The maximum absolute atomic E-state index is 13.5. The van der Waals surface area contributed by atoms with Crippen molar-refractivity contribution in [1.29, 1.82) is 5.26 Å². The Kier molecular flexibility index (Phi) is 2.88. The van der Waals surface area contributed by atoms with Gasteiger partial charge in [0.05, 0.1) is 11.8 Å². The van der Waals surface area contributed by atoms with E-state index in [-0.39, 0.29) is 0 Å². The second-order valence-electron chi connectivity index (χ2n) is 3.22. The minimum Gasteiger partial charge on any atom is -0.245 e. The predicted molar refractivity (Wildman–Crippen MR) is 55.9 cm³/mol. The first-order valence-electron chi connectivity index (χ1n) is 4.73. The van der Waals surface area contributed by atoms with Gasteiger partial charge in [-0.25, -0.2) is 14.4 Å². The highest BCUT2D eigenvalue weighted by Gasteiger charge is 2.17. The van der Waals surface area contributed by atoms with E-state index < -0.39 is 11.7 Å². The molecule has 2 aromatic rings. The zero-order valence-electron chi connectivity index (χ0n) is 8.34. The van der Waals surface area contributed by atoms with Crippen molar-refractivity contribution in [3.63, 3.8) is 0 Å². The smallest absolute Gasteiger partial charge is 0.128 e. The van der Waals surface area contributed by atoms with E-state index >= 15 is 0 Å². The van der Waals surface area contributed by atoms with Crippen LogP contribution < -0.4 is 0 Å². The van der Waals surface area contributed by atoms with Crippen LogP contribution in [0.15, 0.2) is 42.9 Å². The first-order chi connectivity index (χ1) is 7.83. The highest BCUT2D eigenvalue weighted by molar-refractivity contribution is 5.34. The molecule has 0 aliphatic carbocycles. The molecule has 0 saturated carbocycles. The van der Waals surface area contributed by atoms with Crippen molar-refractivity contribution in [1.82, 2.24) is 9.97 Å². The zero-order chi connectivity index (χ0) is 11.4. The van der Waals surface area contributed by atoms with Crippen LogP contribution in [-0.4, -0.2) is 9.97 Å². The molecule has 1 aromatic heterocycles. The van der Waals surface area contributed by atoms with Gasteiger partial charge in [-0.2, -0.15) is 5.26 Å². The Morgan fingerprint density at radius 2 is 2.06 bits per heavy atom. The Hall–Kier alpha value is -2.28. The van der Waals surface area contributed by atoms with Gasteiger partial charge < -0.3 is 0 Å². The molecule has 3 nitrogen and oxygen atoms in total. The van der Waals surface area contributed by atoms with Crippen molar-refractivity contribution in [2.75, 3.05) is 0 Å². The third-order valence-electron chi connectivity index (χ3n) is 2.25. The quantitative estimate of drug-likeness (QED) is 0.768. The lowest BCUT2D eigenvalue weighted by molar-refractivity contribution is 0.608. The number of aromatic nitrogens is 2. The lowest BCUT2D eigenvalue weighted by atomic mass is 9.96. The van der Waals surface area contributed by atoms with Gasteiger partial charge in [-0.3, -0.25) is 0 Å². The van der Waals surface area contributed by atoms with Crippen molar-refractivity contribution in [3.05, 3.63) is 59.9 Å². The van der Waals surface area contributed by atoms with Crippen LogP contribution in [0.25, 0.3) is 0 Å². The van der Waals surface area contributed by atoms with Gasteiger partial charge in [0.2, 0.25) is 0 Å². The van der Waals surface area contributed by atoms with E-state index in [0.29, 0.717) is 11.3 Å². The van der Waals surface area contributed by atoms with Crippen molar-refractivity contribution < 1.29 is 4.39 Å². The van der Waals surface area contributed by atoms with Crippen molar-refractivity contribution in [2.24, 2.45) is 0 Å². The lowest BCUT2D eigenvalue weighted by Gasteiger charge is -2.08. The van der Waals surface area contributed by atoms with E-state index in [1.165, 1.54) is 18.6 Å². The van der Waals surface area contributed by atoms with E-state index in [4.69, 9.17) is 5.26 Å². The van der Waals surface area contributed by atoms with E-state index in [1.807, 2.05) is 6.07 Å². The van der Waals surface area contributed by atoms with Gasteiger partial charge >= 0.3 is 0 Å². The van der Waals surface area contributed by atoms with Crippen LogP contribution in [0.1, 0.15) is 17.2 Å². The number of hydrogen-bond acceptors (Lipinski definition) is 3. The van der Waals surface area contributed by atoms with Crippen LogP contribution in [0, 0.1) is 17.1 Å². The summed E-state index contributed by atoms with van der Waals surface area (Å²) in [6.07, 6.45) is 2.88. The van der Waals surface area contributed by atoms with E-state index in [0.717, 1.165) is 0 Å². The Labute approximate surface area is 92.2 Å². The van der Waals surface area contributed by atoms with Gasteiger partial charge in [0.15, 0.2) is 0 Å².